The molecule has 0 radical (unpaired) electrons. The van der Waals surface area contributed by atoms with Crippen LogP contribution in [-0.2, 0) is 18.9 Å². The van der Waals surface area contributed by atoms with Crippen molar-refractivity contribution in [2.75, 3.05) is 66.6 Å². The largest absolute Gasteiger partial charge is 1.00 e. The van der Waals surface area contributed by atoms with Gasteiger partial charge in [0.2, 0.25) is 0 Å². The van der Waals surface area contributed by atoms with Gasteiger partial charge in [-0.25, -0.2) is 0 Å². The summed E-state index contributed by atoms with van der Waals surface area (Å²) in [4.78, 5) is 0. The highest BCUT2D eigenvalue weighted by Crippen LogP contribution is 2.36. The van der Waals surface area contributed by atoms with Gasteiger partial charge in [-0.15, -0.1) is 0 Å². The smallest absolute Gasteiger partial charge is 0.166 e. The lowest BCUT2D eigenvalue weighted by Gasteiger charge is -2.33. The summed E-state index contributed by atoms with van der Waals surface area (Å²) >= 11 is 0. The molecule has 0 aromatic rings. The Labute approximate surface area is 217 Å². The molecule has 0 aromatic heterocycles. The quantitative estimate of drug-likeness (QED) is 0.212. The molecular weight excluding hydrogens is 610 g/mol. The van der Waals surface area contributed by atoms with Crippen molar-refractivity contribution >= 4 is 0 Å². The molecule has 0 N–H and O–H groups in total. The average Bonchev–Trinajstić information content (AvgIpc) is 3.39. The number of halogens is 2. The summed E-state index contributed by atoms with van der Waals surface area (Å²) in [5.74, 6) is -1.02. The van der Waals surface area contributed by atoms with E-state index in [2.05, 4.69) is 27.9 Å². The molecule has 4 saturated heterocycles. The molecule has 4 aliphatic heterocycles. The molecule has 30 heavy (non-hydrogen) atoms. The van der Waals surface area contributed by atoms with Gasteiger partial charge >= 0.3 is 0 Å². The Kier molecular flexibility index (Phi) is 9.75. The monoisotopic (exact) mass is 652 g/mol. The molecular formula is C22H42I2N2O4. The highest BCUT2D eigenvalue weighted by molar-refractivity contribution is 4.81. The van der Waals surface area contributed by atoms with Gasteiger partial charge in [0.15, 0.2) is 11.6 Å². The van der Waals surface area contributed by atoms with Gasteiger partial charge in [0.1, 0.15) is 25.3 Å². The molecule has 0 saturated carbocycles. The van der Waals surface area contributed by atoms with E-state index in [-0.39, 0.29) is 60.2 Å². The van der Waals surface area contributed by atoms with Crippen LogP contribution < -0.4 is 48.0 Å². The second kappa shape index (κ2) is 10.7. The number of quaternary nitrogens is 2. The maximum atomic E-state index is 6.38. The van der Waals surface area contributed by atoms with Crippen LogP contribution in [0.2, 0.25) is 0 Å². The van der Waals surface area contributed by atoms with Crippen LogP contribution >= 0.6 is 0 Å². The topological polar surface area (TPSA) is 36.9 Å². The number of rotatable bonds is 7. The normalized spacial score (nSPS) is 39.6. The lowest BCUT2D eigenvalue weighted by atomic mass is 10.1. The molecule has 0 amide bonds. The van der Waals surface area contributed by atoms with E-state index in [1.807, 2.05) is 0 Å². The predicted molar refractivity (Wildman–Crippen MR) is 108 cm³/mol. The first-order chi connectivity index (χ1) is 13.2. The second-order valence-corrected chi connectivity index (χ2v) is 10.8. The Morgan fingerprint density at radius 1 is 0.667 bits per heavy atom. The van der Waals surface area contributed by atoms with Crippen molar-refractivity contribution in [3.63, 3.8) is 0 Å². The molecule has 0 bridgehead atoms. The van der Waals surface area contributed by atoms with Crippen LogP contribution in [0.4, 0.5) is 0 Å². The third-order valence-corrected chi connectivity index (χ3v) is 7.59. The third-order valence-electron chi connectivity index (χ3n) is 7.59. The van der Waals surface area contributed by atoms with Crippen molar-refractivity contribution in [2.24, 2.45) is 0 Å². The molecule has 4 aliphatic rings. The van der Waals surface area contributed by atoms with E-state index in [0.29, 0.717) is 13.2 Å². The van der Waals surface area contributed by atoms with Crippen molar-refractivity contribution in [3.8, 4) is 0 Å². The minimum atomic E-state index is -0.509. The van der Waals surface area contributed by atoms with Gasteiger partial charge in [0, 0.05) is 38.5 Å². The van der Waals surface area contributed by atoms with Crippen molar-refractivity contribution in [3.05, 3.63) is 0 Å². The SMILES string of the molecule is CC1(CCC2(C)OCC(C[N+]3(C)CCCC3)O2)OCC(C[N+]2(C)CCCC2)O1.[I-].[I-]. The zero-order valence-corrected chi connectivity index (χ0v) is 23.7. The molecule has 0 spiro atoms. The maximum Gasteiger partial charge on any atom is 0.166 e. The fraction of sp³-hybridized carbons (Fsp3) is 1.00. The zero-order valence-electron chi connectivity index (χ0n) is 19.3. The van der Waals surface area contributed by atoms with Crippen molar-refractivity contribution in [2.45, 2.75) is 76.2 Å². The van der Waals surface area contributed by atoms with Gasteiger partial charge in [0.25, 0.3) is 0 Å². The molecule has 178 valence electrons. The van der Waals surface area contributed by atoms with Gasteiger partial charge in [0.05, 0.1) is 53.5 Å². The van der Waals surface area contributed by atoms with E-state index < -0.39 is 11.6 Å². The first-order valence-corrected chi connectivity index (χ1v) is 11.5. The number of hydrogen-bond donors (Lipinski definition) is 0. The lowest BCUT2D eigenvalue weighted by molar-refractivity contribution is -0.900. The molecule has 4 fully saturated rings. The number of hydrogen-bond acceptors (Lipinski definition) is 4. The first-order valence-electron chi connectivity index (χ1n) is 11.5. The zero-order chi connectivity index (χ0) is 19.9. The minimum Gasteiger partial charge on any atom is -1.00 e. The molecule has 6 nitrogen and oxygen atoms in total. The standard InChI is InChI=1S/C22H42N2O4.2HI/c1-21(25-17-19(27-21)15-23(3)11-5-6-12-23)9-10-22(2)26-18-20(28-22)16-24(4)13-7-8-14-24;;/h19-20H,5-18H2,1-4H3;2*1H/q+2;;/p-2. The third kappa shape index (κ3) is 6.87. The van der Waals surface area contributed by atoms with Crippen LogP contribution in [-0.4, -0.2) is 99.3 Å². The highest BCUT2D eigenvalue weighted by Gasteiger charge is 2.46. The number of nitrogens with zero attached hydrogens (tertiary/aromatic N) is 2. The van der Waals surface area contributed by atoms with E-state index in [4.69, 9.17) is 18.9 Å². The summed E-state index contributed by atoms with van der Waals surface area (Å²) in [6.45, 7) is 12.8. The Morgan fingerprint density at radius 3 is 1.33 bits per heavy atom. The van der Waals surface area contributed by atoms with Crippen LogP contribution in [0.5, 0.6) is 0 Å². The molecule has 8 heteroatoms. The Bertz CT molecular complexity index is 509. The molecule has 4 rings (SSSR count). The highest BCUT2D eigenvalue weighted by atomic mass is 127. The lowest BCUT2D eigenvalue weighted by Crippen LogP contribution is -3.00. The van der Waals surface area contributed by atoms with Crippen LogP contribution in [0.3, 0.4) is 0 Å². The van der Waals surface area contributed by atoms with Crippen molar-refractivity contribution < 1.29 is 75.9 Å². The number of likely N-dealkylation sites (tertiary alicyclic amines) is 2. The summed E-state index contributed by atoms with van der Waals surface area (Å²) in [5.41, 5.74) is 0. The van der Waals surface area contributed by atoms with E-state index in [1.165, 1.54) is 51.9 Å². The molecule has 4 atom stereocenters. The Hall–Kier alpha value is 1.22. The van der Waals surface area contributed by atoms with Gasteiger partial charge < -0.3 is 75.9 Å². The predicted octanol–water partition coefficient (Wildman–Crippen LogP) is -3.48. The molecule has 0 aliphatic carbocycles. The van der Waals surface area contributed by atoms with Crippen LogP contribution in [0.15, 0.2) is 0 Å². The van der Waals surface area contributed by atoms with E-state index in [9.17, 15) is 0 Å². The fourth-order valence-electron chi connectivity index (χ4n) is 5.82. The van der Waals surface area contributed by atoms with Crippen LogP contribution in [0.1, 0.15) is 52.4 Å². The molecule has 0 aromatic carbocycles. The van der Waals surface area contributed by atoms with E-state index in [1.54, 1.807) is 0 Å². The molecule has 4 unspecified atom stereocenters. The summed E-state index contributed by atoms with van der Waals surface area (Å²) < 4.78 is 27.3. The van der Waals surface area contributed by atoms with Gasteiger partial charge in [-0.1, -0.05) is 0 Å². The average molecular weight is 652 g/mol. The maximum absolute atomic E-state index is 6.38. The number of ether oxygens (including phenoxy) is 4. The summed E-state index contributed by atoms with van der Waals surface area (Å²) in [6, 6.07) is 0. The minimum absolute atomic E-state index is 0. The summed E-state index contributed by atoms with van der Waals surface area (Å²) in [7, 11) is 4.72. The Morgan fingerprint density at radius 2 is 1.00 bits per heavy atom. The first kappa shape index (κ1) is 27.5. The fourth-order valence-corrected chi connectivity index (χ4v) is 5.82. The Balaban J connectivity index is 0.00000160. The van der Waals surface area contributed by atoms with Crippen molar-refractivity contribution in [1.82, 2.24) is 0 Å². The molecule has 4 heterocycles. The van der Waals surface area contributed by atoms with Gasteiger partial charge in [-0.05, 0) is 13.8 Å². The van der Waals surface area contributed by atoms with Crippen molar-refractivity contribution in [1.29, 1.82) is 0 Å². The van der Waals surface area contributed by atoms with Crippen LogP contribution in [0.25, 0.3) is 0 Å². The number of likely N-dealkylation sites (N-methyl/N-ethyl adjacent to an activating group) is 2. The summed E-state index contributed by atoms with van der Waals surface area (Å²) in [5, 5.41) is 0. The van der Waals surface area contributed by atoms with Gasteiger partial charge in [-0.2, -0.15) is 0 Å². The van der Waals surface area contributed by atoms with Crippen LogP contribution in [0, 0.1) is 0 Å². The second-order valence-electron chi connectivity index (χ2n) is 10.8. The van der Waals surface area contributed by atoms with E-state index in [0.717, 1.165) is 34.9 Å². The van der Waals surface area contributed by atoms with E-state index >= 15 is 0 Å². The summed E-state index contributed by atoms with van der Waals surface area (Å²) in [6.07, 6.45) is 7.39. The van der Waals surface area contributed by atoms with Gasteiger partial charge in [-0.3, -0.25) is 0 Å².